The number of esters is 1. The van der Waals surface area contributed by atoms with Crippen molar-refractivity contribution in [3.63, 3.8) is 0 Å². The molecule has 0 amide bonds. The maximum Gasteiger partial charge on any atom is 0.338 e. The zero-order chi connectivity index (χ0) is 28.9. The van der Waals surface area contributed by atoms with Gasteiger partial charge in [-0.05, 0) is 147 Å². The number of carbonyl (C=O) groups excluding carboxylic acids is 1. The number of carbonyl (C=O) groups is 1. The molecule has 1 aromatic carbocycles. The topological polar surface area (TPSA) is 26.3 Å². The molecule has 5 saturated carbocycles. The van der Waals surface area contributed by atoms with Crippen LogP contribution < -0.4 is 0 Å². The largest absolute Gasteiger partial charge is 0.458 e. The van der Waals surface area contributed by atoms with Crippen molar-refractivity contribution in [2.75, 3.05) is 0 Å². The van der Waals surface area contributed by atoms with Crippen molar-refractivity contribution in [3.05, 3.63) is 46.5 Å². The van der Waals surface area contributed by atoms with Crippen LogP contribution in [0.25, 0.3) is 0 Å². The fraction of sp³-hybridized carbons (Fsp3) is 0.757. The number of allylic oxidation sites excluding steroid dienone is 1. The summed E-state index contributed by atoms with van der Waals surface area (Å²) >= 11 is 3.48. The number of rotatable bonds is 3. The second kappa shape index (κ2) is 9.45. The first-order valence-corrected chi connectivity index (χ1v) is 17.1. The van der Waals surface area contributed by atoms with Gasteiger partial charge in [-0.2, -0.15) is 0 Å². The van der Waals surface area contributed by atoms with Gasteiger partial charge in [-0.3, -0.25) is 0 Å². The predicted molar refractivity (Wildman–Crippen MR) is 168 cm³/mol. The van der Waals surface area contributed by atoms with Crippen LogP contribution in [0.1, 0.15) is 123 Å². The quantitative estimate of drug-likeness (QED) is 0.252. The Morgan fingerprint density at radius 1 is 0.825 bits per heavy atom. The average molecular weight is 610 g/mol. The molecule has 5 fully saturated rings. The van der Waals surface area contributed by atoms with Crippen molar-refractivity contribution < 1.29 is 9.53 Å². The first kappa shape index (κ1) is 29.0. The monoisotopic (exact) mass is 608 g/mol. The number of hydrogen-bond acceptors (Lipinski definition) is 2. The third-order valence-electron chi connectivity index (χ3n) is 14.8. The van der Waals surface area contributed by atoms with Gasteiger partial charge in [0.05, 0.1) is 5.56 Å². The number of benzene rings is 1. The van der Waals surface area contributed by atoms with Gasteiger partial charge in [-0.15, -0.1) is 0 Å². The average Bonchev–Trinajstić information content (AvgIpc) is 3.24. The molecule has 6 rings (SSSR count). The summed E-state index contributed by atoms with van der Waals surface area (Å²) in [6.07, 6.45) is 13.0. The summed E-state index contributed by atoms with van der Waals surface area (Å²) in [5.74, 6) is 3.52. The van der Waals surface area contributed by atoms with Crippen molar-refractivity contribution in [1.29, 1.82) is 0 Å². The Bertz CT molecular complexity index is 1190. The molecule has 0 aromatic heterocycles. The molecule has 0 radical (unpaired) electrons. The number of halogens is 1. The van der Waals surface area contributed by atoms with Crippen LogP contribution in [0.4, 0.5) is 0 Å². The fourth-order valence-electron chi connectivity index (χ4n) is 12.5. The molecule has 0 aliphatic heterocycles. The summed E-state index contributed by atoms with van der Waals surface area (Å²) in [4.78, 5) is 13.2. The lowest BCUT2D eigenvalue weighted by Gasteiger charge is -2.73. The van der Waals surface area contributed by atoms with Crippen LogP contribution in [0.3, 0.4) is 0 Å². The summed E-state index contributed by atoms with van der Waals surface area (Å²) < 4.78 is 7.31. The van der Waals surface area contributed by atoms with E-state index in [-0.39, 0.29) is 17.5 Å². The third kappa shape index (κ3) is 3.94. The van der Waals surface area contributed by atoms with Gasteiger partial charge < -0.3 is 4.74 Å². The van der Waals surface area contributed by atoms with Gasteiger partial charge in [0, 0.05) is 9.89 Å². The van der Waals surface area contributed by atoms with Gasteiger partial charge in [0.15, 0.2) is 0 Å². The Morgan fingerprint density at radius 2 is 1.52 bits per heavy atom. The molecule has 0 heterocycles. The van der Waals surface area contributed by atoms with Gasteiger partial charge >= 0.3 is 5.97 Å². The van der Waals surface area contributed by atoms with Crippen LogP contribution in [0.2, 0.25) is 0 Å². The number of hydrogen-bond donors (Lipinski definition) is 0. The third-order valence-corrected chi connectivity index (χ3v) is 15.3. The Kier molecular flexibility index (Phi) is 6.86. The zero-order valence-electron chi connectivity index (χ0n) is 26.2. The van der Waals surface area contributed by atoms with Crippen LogP contribution in [0, 0.1) is 56.7 Å². The highest BCUT2D eigenvalue weighted by Gasteiger charge is 2.70. The van der Waals surface area contributed by atoms with Crippen LogP contribution in [-0.4, -0.2) is 12.1 Å². The highest BCUT2D eigenvalue weighted by atomic mass is 79.9. The van der Waals surface area contributed by atoms with Gasteiger partial charge in [0.2, 0.25) is 0 Å². The van der Waals surface area contributed by atoms with E-state index in [1.165, 1.54) is 63.4 Å². The van der Waals surface area contributed by atoms with Crippen LogP contribution in [0.15, 0.2) is 40.9 Å². The summed E-state index contributed by atoms with van der Waals surface area (Å²) in [5.41, 5.74) is 3.66. The Labute approximate surface area is 252 Å². The molecule has 0 saturated heterocycles. The van der Waals surface area contributed by atoms with E-state index in [0.717, 1.165) is 34.6 Å². The first-order chi connectivity index (χ1) is 18.7. The highest BCUT2D eigenvalue weighted by Crippen LogP contribution is 2.77. The summed E-state index contributed by atoms with van der Waals surface area (Å²) in [5, 5.41) is 0. The molecule has 220 valence electrons. The minimum atomic E-state index is -0.170. The Balaban J connectivity index is 1.27. The molecular formula is C37H53BrO2. The lowest BCUT2D eigenvalue weighted by molar-refractivity contribution is -0.246. The van der Waals surface area contributed by atoms with Crippen LogP contribution >= 0.6 is 15.9 Å². The molecule has 10 atom stereocenters. The van der Waals surface area contributed by atoms with E-state index in [1.54, 1.807) is 0 Å². The summed E-state index contributed by atoms with van der Waals surface area (Å²) in [6, 6.07) is 7.60. The van der Waals surface area contributed by atoms with E-state index in [9.17, 15) is 4.79 Å². The normalized spacial score (nSPS) is 47.3. The van der Waals surface area contributed by atoms with Crippen molar-refractivity contribution >= 4 is 21.9 Å². The lowest BCUT2D eigenvalue weighted by atomic mass is 9.32. The molecule has 0 spiro atoms. The van der Waals surface area contributed by atoms with Gasteiger partial charge in [0.1, 0.15) is 6.10 Å². The smallest absolute Gasteiger partial charge is 0.338 e. The lowest BCUT2D eigenvalue weighted by Crippen LogP contribution is -2.66. The molecule has 40 heavy (non-hydrogen) atoms. The molecule has 1 aromatic rings. The summed E-state index contributed by atoms with van der Waals surface area (Å²) in [6.45, 7) is 22.4. The molecule has 0 N–H and O–H groups in total. The van der Waals surface area contributed by atoms with E-state index >= 15 is 0 Å². The van der Waals surface area contributed by atoms with Crippen molar-refractivity contribution in [2.45, 2.75) is 119 Å². The molecule has 2 nitrogen and oxygen atoms in total. The van der Waals surface area contributed by atoms with E-state index < -0.39 is 0 Å². The van der Waals surface area contributed by atoms with E-state index in [0.29, 0.717) is 33.1 Å². The SMILES string of the molecule is C=C(C)C1CC[C@]2(C)CC[C@]3(C)C(CCC4[C@@]5(C)CC[C@H](OC(=O)c6ccc(Br)cc6)C(C)(C)C5CC[C@]43C)C12. The molecule has 3 heteroatoms. The highest BCUT2D eigenvalue weighted by molar-refractivity contribution is 9.10. The zero-order valence-corrected chi connectivity index (χ0v) is 27.8. The first-order valence-electron chi connectivity index (χ1n) is 16.3. The van der Waals surface area contributed by atoms with E-state index in [2.05, 4.69) is 71.0 Å². The van der Waals surface area contributed by atoms with Crippen molar-refractivity contribution in [3.8, 4) is 0 Å². The van der Waals surface area contributed by atoms with Gasteiger partial charge in [-0.1, -0.05) is 69.6 Å². The van der Waals surface area contributed by atoms with Crippen LogP contribution in [-0.2, 0) is 4.74 Å². The molecule has 5 aliphatic carbocycles. The van der Waals surface area contributed by atoms with Gasteiger partial charge in [0.25, 0.3) is 0 Å². The predicted octanol–water partition coefficient (Wildman–Crippen LogP) is 10.7. The second-order valence-electron chi connectivity index (χ2n) is 16.6. The van der Waals surface area contributed by atoms with E-state index in [4.69, 9.17) is 4.74 Å². The molecule has 5 unspecified atom stereocenters. The molecule has 5 aliphatic rings. The van der Waals surface area contributed by atoms with Crippen molar-refractivity contribution in [2.24, 2.45) is 56.7 Å². The minimum absolute atomic E-state index is 0.0248. The van der Waals surface area contributed by atoms with Crippen LogP contribution in [0.5, 0.6) is 0 Å². The van der Waals surface area contributed by atoms with E-state index in [1.807, 2.05) is 24.3 Å². The number of ether oxygens (including phenoxy) is 1. The molecular weight excluding hydrogens is 556 g/mol. The maximum atomic E-state index is 13.2. The van der Waals surface area contributed by atoms with Crippen molar-refractivity contribution in [1.82, 2.24) is 0 Å². The second-order valence-corrected chi connectivity index (χ2v) is 17.5. The van der Waals surface area contributed by atoms with Gasteiger partial charge in [-0.25, -0.2) is 4.79 Å². The molecule has 0 bridgehead atoms. The number of fused-ring (bicyclic) bond motifs is 7. The summed E-state index contributed by atoms with van der Waals surface area (Å²) in [7, 11) is 0. The minimum Gasteiger partial charge on any atom is -0.458 e. The fourth-order valence-corrected chi connectivity index (χ4v) is 12.7. The standard InChI is InChI=1S/C37H53BrO2/c1-23(2)26-15-18-34(5)21-22-36(7)27(31(26)34)13-14-29-35(6)19-17-30(33(3,4)28(35)16-20-37(29,36)8)40-32(39)24-9-11-25(38)12-10-24/h9-12,26-31H,1,13-22H2,2-8H3/t26?,27?,28?,29?,30-,31?,34+,35-,36+,37+/m0/s1. The Morgan fingerprint density at radius 3 is 2.20 bits per heavy atom. The maximum absolute atomic E-state index is 13.2. The Hall–Kier alpha value is -1.09.